The normalized spacial score (nSPS) is 11.8. The van der Waals surface area contributed by atoms with Gasteiger partial charge in [-0.05, 0) is 19.3 Å². The molecule has 1 N–H and O–H groups in total. The minimum absolute atomic E-state index is 0. The van der Waals surface area contributed by atoms with E-state index in [0.717, 1.165) is 38.6 Å². The molecule has 0 bridgehead atoms. The summed E-state index contributed by atoms with van der Waals surface area (Å²) in [6.07, 6.45) is 27.9. The molecule has 0 aromatic carbocycles. The molecule has 10 nitrogen and oxygen atoms in total. The minimum atomic E-state index is -5.18. The van der Waals surface area contributed by atoms with Crippen LogP contribution >= 0.6 is 7.82 Å². The molecule has 0 aliphatic heterocycles. The van der Waals surface area contributed by atoms with Crippen LogP contribution in [0.4, 0.5) is 0 Å². The third-order valence-corrected chi connectivity index (χ3v) is 8.48. The smallest absolute Gasteiger partial charge is 0.790 e. The Morgan fingerprint density at radius 2 is 1.06 bits per heavy atom. The van der Waals surface area contributed by atoms with Crippen LogP contribution in [0.1, 0.15) is 174 Å². The van der Waals surface area contributed by atoms with Crippen LogP contribution in [0.25, 0.3) is 0 Å². The van der Waals surface area contributed by atoms with E-state index in [4.69, 9.17) is 14.2 Å². The SMILES string of the molecule is CCCCCCCCCCCCCC(=O)O[C@@H](COCOCCCCCCCCCCCCCCCNC(C)=O)COP(=O)([O-])[O-].[Na+].[Na+]. The molecule has 0 saturated carbocycles. The summed E-state index contributed by atoms with van der Waals surface area (Å²) in [5.74, 6) is -0.398. The average Bonchev–Trinajstić information content (AvgIpc) is 3.00. The number of carbonyl (C=O) groups excluding carboxylic acids is 2. The summed E-state index contributed by atoms with van der Waals surface area (Å²) in [6.45, 7) is 4.46. The van der Waals surface area contributed by atoms with Gasteiger partial charge < -0.3 is 38.4 Å². The van der Waals surface area contributed by atoms with Gasteiger partial charge in [-0.25, -0.2) is 0 Å². The predicted octanol–water partition coefficient (Wildman–Crippen LogP) is 1.65. The van der Waals surface area contributed by atoms with Crippen molar-refractivity contribution in [1.29, 1.82) is 0 Å². The van der Waals surface area contributed by atoms with Gasteiger partial charge >= 0.3 is 65.1 Å². The Morgan fingerprint density at radius 1 is 0.625 bits per heavy atom. The number of amides is 1. The van der Waals surface area contributed by atoms with Crippen LogP contribution in [0.3, 0.4) is 0 Å². The first-order chi connectivity index (χ1) is 22.2. The first kappa shape index (κ1) is 53.3. The van der Waals surface area contributed by atoms with Crippen molar-refractivity contribution in [1.82, 2.24) is 5.32 Å². The van der Waals surface area contributed by atoms with Crippen LogP contribution in [0, 0.1) is 0 Å². The number of carbonyl (C=O) groups is 2. The molecule has 0 spiro atoms. The van der Waals surface area contributed by atoms with Gasteiger partial charge in [0.1, 0.15) is 12.9 Å². The summed E-state index contributed by atoms with van der Waals surface area (Å²) in [5.41, 5.74) is 0. The number of hydrogen-bond donors (Lipinski definition) is 1. The number of esters is 1. The molecule has 0 aliphatic rings. The van der Waals surface area contributed by atoms with E-state index in [0.29, 0.717) is 13.0 Å². The van der Waals surface area contributed by atoms with Gasteiger partial charge in [0.25, 0.3) is 0 Å². The number of nitrogens with one attached hydrogen (secondary N) is 1. The second-order valence-corrected chi connectivity index (χ2v) is 13.8. The molecule has 0 aromatic heterocycles. The zero-order valence-corrected chi connectivity index (χ0v) is 36.3. The molecule has 274 valence electrons. The van der Waals surface area contributed by atoms with Crippen LogP contribution in [0.5, 0.6) is 0 Å². The molecule has 0 saturated heterocycles. The number of phosphoric ester groups is 1. The maximum absolute atomic E-state index is 12.3. The van der Waals surface area contributed by atoms with Crippen molar-refractivity contribution in [2.45, 2.75) is 180 Å². The quantitative estimate of drug-likeness (QED) is 0.0335. The van der Waals surface area contributed by atoms with Crippen molar-refractivity contribution < 1.29 is 102 Å². The molecule has 0 aliphatic carbocycles. The first-order valence-corrected chi connectivity index (χ1v) is 20.0. The fraction of sp³-hybridized carbons (Fsp3) is 0.943. The number of phosphoric acid groups is 1. The molecule has 0 aromatic rings. The number of ether oxygens (including phenoxy) is 3. The molecular weight excluding hydrogens is 655 g/mol. The summed E-state index contributed by atoms with van der Waals surface area (Å²) in [7, 11) is -5.18. The maximum atomic E-state index is 12.3. The molecule has 0 rings (SSSR count). The molecule has 0 heterocycles. The summed E-state index contributed by atoms with van der Waals surface area (Å²) in [4.78, 5) is 44.9. The molecule has 0 unspecified atom stereocenters. The summed E-state index contributed by atoms with van der Waals surface area (Å²) >= 11 is 0. The van der Waals surface area contributed by atoms with Crippen molar-refractivity contribution in [3.8, 4) is 0 Å². The molecule has 48 heavy (non-hydrogen) atoms. The number of unbranched alkanes of at least 4 members (excludes halogenated alkanes) is 22. The number of rotatable bonds is 36. The summed E-state index contributed by atoms with van der Waals surface area (Å²) < 4.78 is 31.5. The van der Waals surface area contributed by atoms with Gasteiger partial charge in [-0.3, -0.25) is 9.59 Å². The zero-order valence-electron chi connectivity index (χ0n) is 31.4. The van der Waals surface area contributed by atoms with Gasteiger partial charge in [0, 0.05) is 26.5 Å². The number of hydrogen-bond acceptors (Lipinski definition) is 9. The monoisotopic (exact) mass is 723 g/mol. The van der Waals surface area contributed by atoms with Crippen molar-refractivity contribution in [3.63, 3.8) is 0 Å². The largest absolute Gasteiger partial charge is 1.00 e. The Morgan fingerprint density at radius 3 is 1.52 bits per heavy atom. The van der Waals surface area contributed by atoms with Crippen LogP contribution in [-0.2, 0) is 32.9 Å². The van der Waals surface area contributed by atoms with Crippen LogP contribution in [0.2, 0.25) is 0 Å². The summed E-state index contributed by atoms with van der Waals surface area (Å²) in [5, 5.41) is 2.84. The van der Waals surface area contributed by atoms with E-state index in [2.05, 4.69) is 16.8 Å². The van der Waals surface area contributed by atoms with Crippen LogP contribution in [0.15, 0.2) is 0 Å². The van der Waals surface area contributed by atoms with E-state index in [9.17, 15) is 23.9 Å². The Labute approximate surface area is 337 Å². The second-order valence-electron chi connectivity index (χ2n) is 12.6. The van der Waals surface area contributed by atoms with Gasteiger partial charge in [0.05, 0.1) is 21.0 Å². The topological polar surface area (TPSA) is 146 Å². The molecule has 0 fully saturated rings. The Balaban J connectivity index is -0.0000101. The maximum Gasteiger partial charge on any atom is 1.00 e. The van der Waals surface area contributed by atoms with Crippen molar-refractivity contribution in [2.24, 2.45) is 0 Å². The molecular formula is C35H68NNa2O9P. The van der Waals surface area contributed by atoms with Crippen LogP contribution in [-0.4, -0.2) is 51.1 Å². The standard InChI is InChI=1S/C35H70NO9P.2Na/c1-3-4-5-6-7-8-12-15-18-21-24-27-35(38)45-34(31-44-46(39,40)41)30-43-32-42-29-26-23-20-17-14-11-9-10-13-16-19-22-25-28-36-33(2)37;;/h34H,3-32H2,1-2H3,(H,36,37)(H2,39,40,41);;/q;2*+1/p-2/t34-;;/m0../s1. The van der Waals surface area contributed by atoms with E-state index >= 15 is 0 Å². The van der Waals surface area contributed by atoms with Gasteiger partial charge in [-0.2, -0.15) is 0 Å². The first-order valence-electron chi connectivity index (χ1n) is 18.5. The third-order valence-electron chi connectivity index (χ3n) is 8.01. The van der Waals surface area contributed by atoms with Gasteiger partial charge in [0.15, 0.2) is 0 Å². The predicted molar refractivity (Wildman–Crippen MR) is 180 cm³/mol. The molecule has 0 radical (unpaired) electrons. The Hall–Kier alpha value is 0.970. The van der Waals surface area contributed by atoms with Crippen molar-refractivity contribution in [3.05, 3.63) is 0 Å². The van der Waals surface area contributed by atoms with Crippen molar-refractivity contribution in [2.75, 3.05) is 33.2 Å². The fourth-order valence-corrected chi connectivity index (χ4v) is 5.65. The average molecular weight is 724 g/mol. The minimum Gasteiger partial charge on any atom is -0.790 e. The molecule has 13 heteroatoms. The second kappa shape index (κ2) is 40.7. The Bertz CT molecular complexity index is 747. The summed E-state index contributed by atoms with van der Waals surface area (Å²) in [6, 6.07) is 0. The third kappa shape index (κ3) is 45.0. The van der Waals surface area contributed by atoms with E-state index in [1.807, 2.05) is 0 Å². The van der Waals surface area contributed by atoms with E-state index in [-0.39, 0.29) is 84.8 Å². The van der Waals surface area contributed by atoms with Gasteiger partial charge in [-0.1, -0.05) is 142 Å². The zero-order chi connectivity index (χ0) is 34.0. The van der Waals surface area contributed by atoms with Crippen LogP contribution < -0.4 is 74.2 Å². The van der Waals surface area contributed by atoms with E-state index in [1.54, 1.807) is 6.92 Å². The van der Waals surface area contributed by atoms with Crippen molar-refractivity contribution >= 4 is 19.7 Å². The Kier molecular flexibility index (Phi) is 45.3. The molecule has 1 atom stereocenters. The van der Waals surface area contributed by atoms with Gasteiger partial charge in [0.2, 0.25) is 5.91 Å². The van der Waals surface area contributed by atoms with E-state index in [1.165, 1.54) is 116 Å². The molecule has 1 amide bonds. The van der Waals surface area contributed by atoms with Gasteiger partial charge in [-0.15, -0.1) is 0 Å². The van der Waals surface area contributed by atoms with E-state index < -0.39 is 26.5 Å². The fourth-order valence-electron chi connectivity index (χ4n) is 5.30.